The van der Waals surface area contributed by atoms with E-state index in [1.807, 2.05) is 6.07 Å². The number of halogens is 3. The topological polar surface area (TPSA) is 94.2 Å². The Balaban J connectivity index is 1.69. The fourth-order valence-electron chi connectivity index (χ4n) is 3.68. The summed E-state index contributed by atoms with van der Waals surface area (Å²) in [7, 11) is -1.63. The summed E-state index contributed by atoms with van der Waals surface area (Å²) in [5.74, 6) is -0.221. The summed E-state index contributed by atoms with van der Waals surface area (Å²) in [6.45, 7) is -0.698. The number of benzene rings is 4. The number of ether oxygens (including phenoxy) is 3. The molecule has 0 radical (unpaired) electrons. The van der Waals surface area contributed by atoms with Gasteiger partial charge in [0.05, 0.1) is 35.5 Å². The molecule has 0 saturated carbocycles. The van der Waals surface area contributed by atoms with E-state index in [1.54, 1.807) is 36.4 Å². The van der Waals surface area contributed by atoms with Crippen LogP contribution in [-0.4, -0.2) is 35.1 Å². The largest absolute Gasteiger partial charge is 0.493 e. The van der Waals surface area contributed by atoms with Gasteiger partial charge in [0.25, 0.3) is 10.0 Å². The number of rotatable bonds is 10. The van der Waals surface area contributed by atoms with Crippen LogP contribution < -0.4 is 23.8 Å². The van der Waals surface area contributed by atoms with Crippen LogP contribution >= 0.6 is 23.2 Å². The second kappa shape index (κ2) is 12.5. The van der Waals surface area contributed by atoms with Crippen molar-refractivity contribution in [1.82, 2.24) is 0 Å². The lowest BCUT2D eigenvalue weighted by Gasteiger charge is -2.25. The Morgan fingerprint density at radius 2 is 1.57 bits per heavy atom. The van der Waals surface area contributed by atoms with Gasteiger partial charge in [0, 0.05) is 11.1 Å². The number of anilines is 2. The second-order valence-electron chi connectivity index (χ2n) is 8.23. The highest BCUT2D eigenvalue weighted by molar-refractivity contribution is 7.92. The van der Waals surface area contributed by atoms with E-state index in [4.69, 9.17) is 37.4 Å². The van der Waals surface area contributed by atoms with Crippen LogP contribution in [0.5, 0.6) is 23.0 Å². The lowest BCUT2D eigenvalue weighted by molar-refractivity contribution is -0.114. The zero-order valence-corrected chi connectivity index (χ0v) is 23.6. The Kier molecular flexibility index (Phi) is 9.03. The molecule has 8 nitrogen and oxygen atoms in total. The summed E-state index contributed by atoms with van der Waals surface area (Å²) in [6.07, 6.45) is 0. The van der Waals surface area contributed by atoms with Crippen LogP contribution in [0.4, 0.5) is 15.8 Å². The molecule has 0 aliphatic rings. The van der Waals surface area contributed by atoms with Crippen LogP contribution in [-0.2, 0) is 14.8 Å². The first-order valence-electron chi connectivity index (χ1n) is 11.6. The van der Waals surface area contributed by atoms with E-state index in [-0.39, 0.29) is 32.8 Å². The Morgan fingerprint density at radius 3 is 2.25 bits per heavy atom. The van der Waals surface area contributed by atoms with E-state index in [2.05, 4.69) is 5.32 Å². The van der Waals surface area contributed by atoms with Gasteiger partial charge in [-0.1, -0.05) is 41.4 Å². The van der Waals surface area contributed by atoms with Crippen LogP contribution in [0, 0.1) is 5.82 Å². The zero-order chi connectivity index (χ0) is 28.9. The summed E-state index contributed by atoms with van der Waals surface area (Å²) in [5.41, 5.74) is 0.171. The molecule has 208 valence electrons. The molecule has 4 aromatic rings. The average Bonchev–Trinajstić information content (AvgIpc) is 2.94. The molecule has 0 atom stereocenters. The quantitative estimate of drug-likeness (QED) is 0.214. The van der Waals surface area contributed by atoms with E-state index in [9.17, 15) is 17.6 Å². The number of nitrogens with zero attached hydrogens (tertiary/aromatic N) is 1. The number of carbonyl (C=O) groups excluding carboxylic acids is 1. The minimum Gasteiger partial charge on any atom is -0.493 e. The summed E-state index contributed by atoms with van der Waals surface area (Å²) in [5, 5.41) is 2.65. The number of methoxy groups -OCH3 is 2. The van der Waals surface area contributed by atoms with Crippen LogP contribution in [0.25, 0.3) is 0 Å². The molecule has 1 N–H and O–H groups in total. The van der Waals surface area contributed by atoms with Gasteiger partial charge >= 0.3 is 0 Å². The molecule has 0 saturated heterocycles. The number of sulfonamides is 1. The predicted molar refractivity (Wildman–Crippen MR) is 152 cm³/mol. The Hall–Kier alpha value is -3.99. The van der Waals surface area contributed by atoms with Crippen LogP contribution in [0.2, 0.25) is 10.0 Å². The molecule has 12 heteroatoms. The summed E-state index contributed by atoms with van der Waals surface area (Å²) in [4.78, 5) is 13.1. The van der Waals surface area contributed by atoms with Crippen LogP contribution in [0.3, 0.4) is 0 Å². The van der Waals surface area contributed by atoms with Gasteiger partial charge < -0.3 is 19.5 Å². The highest BCUT2D eigenvalue weighted by Gasteiger charge is 2.29. The smallest absolute Gasteiger partial charge is 0.264 e. The normalized spacial score (nSPS) is 11.0. The van der Waals surface area contributed by atoms with Gasteiger partial charge in [0.15, 0.2) is 17.2 Å². The highest BCUT2D eigenvalue weighted by Crippen LogP contribution is 2.35. The van der Waals surface area contributed by atoms with Crippen LogP contribution in [0.15, 0.2) is 89.8 Å². The average molecular weight is 605 g/mol. The van der Waals surface area contributed by atoms with Crippen molar-refractivity contribution in [2.75, 3.05) is 30.4 Å². The molecule has 1 amide bonds. The van der Waals surface area contributed by atoms with Gasteiger partial charge in [-0.05, 0) is 60.7 Å². The maximum Gasteiger partial charge on any atom is 0.264 e. The van der Waals surface area contributed by atoms with Gasteiger partial charge in [-0.25, -0.2) is 12.8 Å². The number of hydrogen-bond donors (Lipinski definition) is 1. The standard InChI is InChI=1S/C28H23Cl2FN2O6S/c1-37-26-13-10-21(16-27(26)38-2)40(35,36)33(19-9-11-23(31)22(30)15-19)17-28(34)32-24-14-18(29)8-12-25(24)39-20-6-4-3-5-7-20/h3-16H,17H2,1-2H3,(H,32,34). The van der Waals surface area contributed by atoms with Crippen molar-refractivity contribution >= 4 is 50.5 Å². The van der Waals surface area contributed by atoms with E-state index in [0.29, 0.717) is 16.5 Å². The lowest BCUT2D eigenvalue weighted by atomic mass is 10.2. The highest BCUT2D eigenvalue weighted by atomic mass is 35.5. The van der Waals surface area contributed by atoms with Crippen molar-refractivity contribution in [2.45, 2.75) is 4.90 Å². The molecule has 4 rings (SSSR count). The molecule has 0 aliphatic carbocycles. The Bertz CT molecular complexity index is 1640. The van der Waals surface area contributed by atoms with Crippen molar-refractivity contribution in [3.63, 3.8) is 0 Å². The molecular formula is C28H23Cl2FN2O6S. The molecule has 0 aliphatic heterocycles. The van der Waals surface area contributed by atoms with Crippen molar-refractivity contribution in [3.05, 3.63) is 101 Å². The molecule has 0 bridgehead atoms. The molecule has 4 aromatic carbocycles. The third kappa shape index (κ3) is 6.59. The van der Waals surface area contributed by atoms with Gasteiger partial charge in [0.1, 0.15) is 18.1 Å². The third-order valence-corrected chi connectivity index (χ3v) is 7.90. The summed E-state index contributed by atoms with van der Waals surface area (Å²) >= 11 is 12.1. The number of hydrogen-bond acceptors (Lipinski definition) is 6. The third-order valence-electron chi connectivity index (χ3n) is 5.61. The molecule has 0 heterocycles. The molecular weight excluding hydrogens is 582 g/mol. The van der Waals surface area contributed by atoms with Crippen molar-refractivity contribution in [2.24, 2.45) is 0 Å². The number of amides is 1. The predicted octanol–water partition coefficient (Wildman–Crippen LogP) is 6.78. The number of para-hydroxylation sites is 1. The van der Waals surface area contributed by atoms with E-state index >= 15 is 0 Å². The number of nitrogens with one attached hydrogen (secondary N) is 1. The van der Waals surface area contributed by atoms with Gasteiger partial charge in [-0.3, -0.25) is 9.10 Å². The summed E-state index contributed by atoms with van der Waals surface area (Å²) < 4.78 is 58.7. The first kappa shape index (κ1) is 29.0. The minimum atomic E-state index is -4.40. The zero-order valence-electron chi connectivity index (χ0n) is 21.2. The van der Waals surface area contributed by atoms with Crippen molar-refractivity contribution in [1.29, 1.82) is 0 Å². The molecule has 0 fully saturated rings. The molecule has 0 unspecified atom stereocenters. The van der Waals surface area contributed by atoms with E-state index in [0.717, 1.165) is 16.4 Å². The van der Waals surface area contributed by atoms with Crippen molar-refractivity contribution in [3.8, 4) is 23.0 Å². The van der Waals surface area contributed by atoms with Crippen LogP contribution in [0.1, 0.15) is 0 Å². The van der Waals surface area contributed by atoms with E-state index in [1.165, 1.54) is 44.6 Å². The van der Waals surface area contributed by atoms with Gasteiger partial charge in [-0.2, -0.15) is 0 Å². The fraction of sp³-hybridized carbons (Fsp3) is 0.107. The molecule has 0 aromatic heterocycles. The summed E-state index contributed by atoms with van der Waals surface area (Å²) in [6, 6.07) is 20.8. The fourth-order valence-corrected chi connectivity index (χ4v) is 5.46. The lowest BCUT2D eigenvalue weighted by Crippen LogP contribution is -2.38. The first-order chi connectivity index (χ1) is 19.1. The molecule has 40 heavy (non-hydrogen) atoms. The Labute approximate surface area is 240 Å². The monoisotopic (exact) mass is 604 g/mol. The minimum absolute atomic E-state index is 0.0387. The van der Waals surface area contributed by atoms with Crippen molar-refractivity contribution < 1.29 is 31.8 Å². The SMILES string of the molecule is COc1ccc(S(=O)(=O)N(CC(=O)Nc2cc(Cl)ccc2Oc2ccccc2)c2ccc(F)c(Cl)c2)cc1OC. The van der Waals surface area contributed by atoms with E-state index < -0.39 is 28.3 Å². The van der Waals surface area contributed by atoms with Gasteiger partial charge in [-0.15, -0.1) is 0 Å². The molecule has 0 spiro atoms. The number of carbonyl (C=O) groups is 1. The first-order valence-corrected chi connectivity index (χ1v) is 13.8. The Morgan fingerprint density at radius 1 is 0.875 bits per heavy atom. The van der Waals surface area contributed by atoms with Gasteiger partial charge in [0.2, 0.25) is 5.91 Å². The maximum absolute atomic E-state index is 13.9. The maximum atomic E-state index is 13.9. The second-order valence-corrected chi connectivity index (χ2v) is 10.9.